The molecular formula is C16H21BrN2O2. The van der Waals surface area contributed by atoms with Gasteiger partial charge in [0, 0.05) is 11.5 Å². The summed E-state index contributed by atoms with van der Waals surface area (Å²) in [5.41, 5.74) is 0.529. The van der Waals surface area contributed by atoms with E-state index < -0.39 is 5.41 Å². The van der Waals surface area contributed by atoms with Gasteiger partial charge in [0.1, 0.15) is 0 Å². The lowest BCUT2D eigenvalue weighted by molar-refractivity contribution is -0.130. The van der Waals surface area contributed by atoms with Gasteiger partial charge in [-0.2, -0.15) is 0 Å². The second kappa shape index (κ2) is 7.07. The Kier molecular flexibility index (Phi) is 5.39. The van der Waals surface area contributed by atoms with Crippen molar-refractivity contribution in [3.05, 3.63) is 34.3 Å². The van der Waals surface area contributed by atoms with Crippen molar-refractivity contribution in [3.8, 4) is 0 Å². The molecular weight excluding hydrogens is 332 g/mol. The second-order valence-electron chi connectivity index (χ2n) is 5.51. The molecule has 0 aromatic heterocycles. The fourth-order valence-electron chi connectivity index (χ4n) is 3.01. The molecule has 5 heteroatoms. The van der Waals surface area contributed by atoms with Crippen LogP contribution in [0.5, 0.6) is 0 Å². The van der Waals surface area contributed by atoms with Gasteiger partial charge in [-0.15, -0.1) is 0 Å². The number of amides is 2. The van der Waals surface area contributed by atoms with Crippen molar-refractivity contribution in [1.29, 1.82) is 0 Å². The highest BCUT2D eigenvalue weighted by Crippen LogP contribution is 2.40. The fourth-order valence-corrected chi connectivity index (χ4v) is 3.41. The molecule has 1 aromatic carbocycles. The quantitative estimate of drug-likeness (QED) is 0.874. The van der Waals surface area contributed by atoms with Gasteiger partial charge in [0.05, 0.1) is 12.0 Å². The van der Waals surface area contributed by atoms with Gasteiger partial charge in [0.2, 0.25) is 11.8 Å². The maximum Gasteiger partial charge on any atom is 0.239 e. The highest BCUT2D eigenvalue weighted by atomic mass is 79.9. The van der Waals surface area contributed by atoms with Crippen molar-refractivity contribution in [2.45, 2.75) is 37.5 Å². The molecule has 2 rings (SSSR count). The smallest absolute Gasteiger partial charge is 0.239 e. The Bertz CT molecular complexity index is 525. The predicted octanol–water partition coefficient (Wildman–Crippen LogP) is 2.51. The molecule has 0 spiro atoms. The lowest BCUT2D eigenvalue weighted by atomic mass is 9.68. The molecule has 0 aliphatic heterocycles. The van der Waals surface area contributed by atoms with Gasteiger partial charge in [-0.1, -0.05) is 47.3 Å². The van der Waals surface area contributed by atoms with Gasteiger partial charge < -0.3 is 10.6 Å². The van der Waals surface area contributed by atoms with Crippen LogP contribution in [0.4, 0.5) is 0 Å². The van der Waals surface area contributed by atoms with Gasteiger partial charge in [-0.3, -0.25) is 9.59 Å². The zero-order valence-electron chi connectivity index (χ0n) is 12.2. The lowest BCUT2D eigenvalue weighted by Crippen LogP contribution is -2.48. The normalized spacial score (nSPS) is 17.0. The topological polar surface area (TPSA) is 58.2 Å². The summed E-state index contributed by atoms with van der Waals surface area (Å²) in [6.45, 7) is 0.0328. The third-order valence-electron chi connectivity index (χ3n) is 4.21. The minimum atomic E-state index is -0.504. The van der Waals surface area contributed by atoms with Crippen LogP contribution >= 0.6 is 15.9 Å². The maximum absolute atomic E-state index is 12.7. The van der Waals surface area contributed by atoms with E-state index in [1.54, 1.807) is 7.05 Å². The van der Waals surface area contributed by atoms with E-state index in [0.717, 1.165) is 35.7 Å². The summed E-state index contributed by atoms with van der Waals surface area (Å²) in [5, 5.41) is 5.32. The average Bonchev–Trinajstić information content (AvgIpc) is 2.52. The number of halogens is 1. The molecule has 1 fully saturated rings. The van der Waals surface area contributed by atoms with E-state index in [2.05, 4.69) is 26.6 Å². The monoisotopic (exact) mass is 352 g/mol. The van der Waals surface area contributed by atoms with Crippen molar-refractivity contribution < 1.29 is 9.59 Å². The van der Waals surface area contributed by atoms with Crippen LogP contribution < -0.4 is 10.6 Å². The van der Waals surface area contributed by atoms with Crippen LogP contribution in [0.3, 0.4) is 0 Å². The second-order valence-corrected chi connectivity index (χ2v) is 6.42. The summed E-state index contributed by atoms with van der Waals surface area (Å²) in [5.74, 6) is -0.215. The number of hydrogen-bond acceptors (Lipinski definition) is 2. The van der Waals surface area contributed by atoms with Crippen molar-refractivity contribution in [2.75, 3.05) is 13.6 Å². The summed E-state index contributed by atoms with van der Waals surface area (Å²) < 4.78 is 0.976. The fraction of sp³-hybridized carbons (Fsp3) is 0.500. The van der Waals surface area contributed by atoms with E-state index in [1.165, 1.54) is 6.42 Å². The lowest BCUT2D eigenvalue weighted by Gasteiger charge is -2.36. The number of likely N-dealkylation sites (N-methyl/N-ethyl adjacent to an activating group) is 1. The molecule has 4 nitrogen and oxygen atoms in total. The molecule has 0 unspecified atom stereocenters. The molecule has 0 atom stereocenters. The summed E-state index contributed by atoms with van der Waals surface area (Å²) in [7, 11) is 1.57. The minimum Gasteiger partial charge on any atom is -0.358 e. The first kappa shape index (κ1) is 16.0. The molecule has 1 saturated carbocycles. The van der Waals surface area contributed by atoms with Gasteiger partial charge in [0.15, 0.2) is 0 Å². The number of nitrogens with one attached hydrogen (secondary N) is 2. The summed E-state index contributed by atoms with van der Waals surface area (Å²) in [4.78, 5) is 24.1. The molecule has 1 aliphatic rings. The van der Waals surface area contributed by atoms with Crippen LogP contribution in [0.1, 0.15) is 37.7 Å². The van der Waals surface area contributed by atoms with Gasteiger partial charge in [-0.25, -0.2) is 0 Å². The van der Waals surface area contributed by atoms with Gasteiger partial charge >= 0.3 is 0 Å². The highest BCUT2D eigenvalue weighted by molar-refractivity contribution is 9.10. The first-order valence-electron chi connectivity index (χ1n) is 7.33. The number of carbonyl (C=O) groups excluding carboxylic acids is 2. The molecule has 21 heavy (non-hydrogen) atoms. The summed E-state index contributed by atoms with van der Waals surface area (Å²) >= 11 is 3.48. The molecule has 1 aliphatic carbocycles. The Hall–Kier alpha value is -1.36. The third kappa shape index (κ3) is 3.64. The third-order valence-corrected chi connectivity index (χ3v) is 4.70. The standard InChI is InChI=1S/C16H21BrN2O2/c1-18-14(20)11-19-15(21)16(8-3-2-4-9-16)12-6-5-7-13(17)10-12/h5-7,10H,2-4,8-9,11H2,1H3,(H,18,20)(H,19,21). The van der Waals surface area contributed by atoms with Crippen LogP contribution in [0, 0.1) is 0 Å². The molecule has 114 valence electrons. The SMILES string of the molecule is CNC(=O)CNC(=O)C1(c2cccc(Br)c2)CCCCC1. The number of hydrogen-bond donors (Lipinski definition) is 2. The zero-order valence-corrected chi connectivity index (χ0v) is 13.8. The van der Waals surface area contributed by atoms with Gasteiger partial charge in [0.25, 0.3) is 0 Å². The van der Waals surface area contributed by atoms with Crippen molar-refractivity contribution in [1.82, 2.24) is 10.6 Å². The molecule has 2 amide bonds. The van der Waals surface area contributed by atoms with Gasteiger partial charge in [-0.05, 0) is 30.5 Å². The van der Waals surface area contributed by atoms with Crippen LogP contribution in [-0.4, -0.2) is 25.4 Å². The average molecular weight is 353 g/mol. The summed E-state index contributed by atoms with van der Waals surface area (Å²) in [6.07, 6.45) is 4.92. The number of carbonyl (C=O) groups is 2. The van der Waals surface area contributed by atoms with E-state index >= 15 is 0 Å². The van der Waals surface area contributed by atoms with Crippen LogP contribution in [-0.2, 0) is 15.0 Å². The summed E-state index contributed by atoms with van der Waals surface area (Å²) in [6, 6.07) is 7.95. The zero-order chi connectivity index (χ0) is 15.3. The van der Waals surface area contributed by atoms with Crippen LogP contribution in [0.25, 0.3) is 0 Å². The van der Waals surface area contributed by atoms with E-state index in [4.69, 9.17) is 0 Å². The Morgan fingerprint density at radius 2 is 1.95 bits per heavy atom. The van der Waals surface area contributed by atoms with E-state index in [0.29, 0.717) is 0 Å². The molecule has 0 radical (unpaired) electrons. The molecule has 2 N–H and O–H groups in total. The minimum absolute atomic E-state index is 0.0328. The number of rotatable bonds is 4. The Morgan fingerprint density at radius 1 is 1.24 bits per heavy atom. The van der Waals surface area contributed by atoms with Crippen molar-refractivity contribution in [2.24, 2.45) is 0 Å². The molecule has 0 heterocycles. The molecule has 0 bridgehead atoms. The van der Waals surface area contributed by atoms with E-state index in [1.807, 2.05) is 24.3 Å². The largest absolute Gasteiger partial charge is 0.358 e. The van der Waals surface area contributed by atoms with Crippen LogP contribution in [0.15, 0.2) is 28.7 Å². The first-order valence-corrected chi connectivity index (χ1v) is 8.13. The Labute approximate surface area is 133 Å². The molecule has 0 saturated heterocycles. The van der Waals surface area contributed by atoms with E-state index in [9.17, 15) is 9.59 Å². The predicted molar refractivity (Wildman–Crippen MR) is 86.0 cm³/mol. The van der Waals surface area contributed by atoms with Crippen molar-refractivity contribution in [3.63, 3.8) is 0 Å². The maximum atomic E-state index is 12.7. The van der Waals surface area contributed by atoms with E-state index in [-0.39, 0.29) is 18.4 Å². The number of benzene rings is 1. The Balaban J connectivity index is 2.24. The molecule has 1 aromatic rings. The van der Waals surface area contributed by atoms with Crippen molar-refractivity contribution >= 4 is 27.7 Å². The van der Waals surface area contributed by atoms with Crippen LogP contribution in [0.2, 0.25) is 0 Å². The highest BCUT2D eigenvalue weighted by Gasteiger charge is 2.41. The first-order chi connectivity index (χ1) is 10.1. The Morgan fingerprint density at radius 3 is 2.57 bits per heavy atom.